The van der Waals surface area contributed by atoms with Crippen molar-refractivity contribution >= 4 is 18.0 Å². The van der Waals surface area contributed by atoms with Crippen molar-refractivity contribution in [2.45, 2.75) is 26.3 Å². The van der Waals surface area contributed by atoms with Crippen molar-refractivity contribution in [2.75, 3.05) is 6.54 Å². The van der Waals surface area contributed by atoms with Crippen LogP contribution >= 0.6 is 0 Å². The van der Waals surface area contributed by atoms with Gasteiger partial charge in [0.25, 0.3) is 0 Å². The summed E-state index contributed by atoms with van der Waals surface area (Å²) in [6, 6.07) is 3.48. The Hall–Kier alpha value is -2.17. The average Bonchev–Trinajstić information content (AvgIpc) is 2.42. The molecule has 5 nitrogen and oxygen atoms in total. The minimum Gasteiger partial charge on any atom is -0.480 e. The predicted octanol–water partition coefficient (Wildman–Crippen LogP) is 1.81. The molecule has 0 aliphatic heterocycles. The maximum atomic E-state index is 12.0. The summed E-state index contributed by atoms with van der Waals surface area (Å²) >= 11 is 0. The maximum absolute atomic E-state index is 12.0. The monoisotopic (exact) mass is 262 g/mol. The first-order valence-electron chi connectivity index (χ1n) is 6.15. The van der Waals surface area contributed by atoms with Crippen LogP contribution in [0.3, 0.4) is 0 Å². The summed E-state index contributed by atoms with van der Waals surface area (Å²) in [5.74, 6) is -1.32. The molecule has 1 amide bonds. The molecule has 1 rings (SSSR count). The lowest BCUT2D eigenvalue weighted by Crippen LogP contribution is -2.40. The van der Waals surface area contributed by atoms with E-state index < -0.39 is 5.97 Å². The second kappa shape index (κ2) is 7.31. The van der Waals surface area contributed by atoms with E-state index in [2.05, 4.69) is 4.98 Å². The molecule has 5 heteroatoms. The minimum atomic E-state index is -1.01. The topological polar surface area (TPSA) is 70.5 Å². The second-order valence-electron chi connectivity index (χ2n) is 4.24. The van der Waals surface area contributed by atoms with Crippen LogP contribution in [-0.4, -0.2) is 39.5 Å². The molecule has 1 N–H and O–H groups in total. The molecule has 0 spiro atoms. The number of rotatable bonds is 6. The van der Waals surface area contributed by atoms with Gasteiger partial charge in [-0.15, -0.1) is 0 Å². The lowest BCUT2D eigenvalue weighted by Gasteiger charge is -2.25. The lowest BCUT2D eigenvalue weighted by molar-refractivity contribution is -0.144. The largest absolute Gasteiger partial charge is 0.480 e. The quantitative estimate of drug-likeness (QED) is 0.794. The molecule has 0 saturated carbocycles. The number of carboxylic acids is 1. The fourth-order valence-electron chi connectivity index (χ4n) is 1.55. The smallest absolute Gasteiger partial charge is 0.323 e. The Labute approximate surface area is 112 Å². The summed E-state index contributed by atoms with van der Waals surface area (Å²) in [5.41, 5.74) is 0.801. The predicted molar refractivity (Wildman–Crippen MR) is 72.4 cm³/mol. The molecule has 0 radical (unpaired) electrons. The summed E-state index contributed by atoms with van der Waals surface area (Å²) in [5, 5.41) is 8.83. The van der Waals surface area contributed by atoms with E-state index in [0.717, 1.165) is 5.56 Å². The van der Waals surface area contributed by atoms with E-state index in [9.17, 15) is 9.59 Å². The van der Waals surface area contributed by atoms with Gasteiger partial charge in [0.15, 0.2) is 0 Å². The molecule has 1 atom stereocenters. The van der Waals surface area contributed by atoms with Crippen molar-refractivity contribution in [3.8, 4) is 0 Å². The zero-order chi connectivity index (χ0) is 14.3. The van der Waals surface area contributed by atoms with Crippen LogP contribution in [0.2, 0.25) is 0 Å². The standard InChI is InChI=1S/C14H18N2O3/c1-3-11(2)16(10-14(18)19)13(17)7-6-12-5-4-8-15-9-12/h4-9,11H,3,10H2,1-2H3,(H,18,19)/b7-6+. The molecule has 102 valence electrons. The summed E-state index contributed by atoms with van der Waals surface area (Å²) < 4.78 is 0. The summed E-state index contributed by atoms with van der Waals surface area (Å²) in [6.07, 6.45) is 7.00. The number of nitrogens with zero attached hydrogens (tertiary/aromatic N) is 2. The summed E-state index contributed by atoms with van der Waals surface area (Å²) in [6.45, 7) is 3.46. The van der Waals surface area contributed by atoms with Crippen molar-refractivity contribution in [2.24, 2.45) is 0 Å². The lowest BCUT2D eigenvalue weighted by atomic mass is 10.2. The Morgan fingerprint density at radius 2 is 2.26 bits per heavy atom. The molecule has 1 aromatic rings. The van der Waals surface area contributed by atoms with Gasteiger partial charge in [-0.2, -0.15) is 0 Å². The van der Waals surface area contributed by atoms with Gasteiger partial charge >= 0.3 is 5.97 Å². The number of amides is 1. The van der Waals surface area contributed by atoms with Crippen LogP contribution in [0.1, 0.15) is 25.8 Å². The Bertz CT molecular complexity index is 457. The Kier molecular flexibility index (Phi) is 5.73. The average molecular weight is 262 g/mol. The second-order valence-corrected chi connectivity index (χ2v) is 4.24. The molecular weight excluding hydrogens is 244 g/mol. The third kappa shape index (κ3) is 4.91. The molecule has 0 saturated heterocycles. The normalized spacial score (nSPS) is 12.3. The van der Waals surface area contributed by atoms with E-state index in [0.29, 0.717) is 6.42 Å². The van der Waals surface area contributed by atoms with E-state index >= 15 is 0 Å². The van der Waals surface area contributed by atoms with Crippen molar-refractivity contribution in [3.63, 3.8) is 0 Å². The summed E-state index contributed by atoms with van der Waals surface area (Å²) in [7, 11) is 0. The van der Waals surface area contributed by atoms with Crippen LogP contribution in [0.15, 0.2) is 30.6 Å². The highest BCUT2D eigenvalue weighted by Crippen LogP contribution is 2.06. The third-order valence-corrected chi connectivity index (χ3v) is 2.81. The molecule has 19 heavy (non-hydrogen) atoms. The van der Waals surface area contributed by atoms with Crippen molar-refractivity contribution < 1.29 is 14.7 Å². The number of carboxylic acid groups (broad SMARTS) is 1. The van der Waals surface area contributed by atoms with Crippen LogP contribution in [0, 0.1) is 0 Å². The van der Waals surface area contributed by atoms with Crippen molar-refractivity contribution in [1.82, 2.24) is 9.88 Å². The zero-order valence-electron chi connectivity index (χ0n) is 11.1. The van der Waals surface area contributed by atoms with Gasteiger partial charge in [0.05, 0.1) is 0 Å². The number of carbonyl (C=O) groups excluding carboxylic acids is 1. The molecule has 1 aromatic heterocycles. The first-order chi connectivity index (χ1) is 9.04. The highest BCUT2D eigenvalue weighted by Gasteiger charge is 2.19. The van der Waals surface area contributed by atoms with Gasteiger partial charge in [-0.25, -0.2) is 0 Å². The van der Waals surface area contributed by atoms with Crippen LogP contribution in [-0.2, 0) is 9.59 Å². The molecule has 1 unspecified atom stereocenters. The van der Waals surface area contributed by atoms with Crippen molar-refractivity contribution in [3.05, 3.63) is 36.2 Å². The fraction of sp³-hybridized carbons (Fsp3) is 0.357. The molecule has 0 fully saturated rings. The highest BCUT2D eigenvalue weighted by atomic mass is 16.4. The molecular formula is C14H18N2O3. The molecule has 1 heterocycles. The minimum absolute atomic E-state index is 0.109. The Balaban J connectivity index is 2.77. The van der Waals surface area contributed by atoms with Gasteiger partial charge in [0.2, 0.25) is 5.91 Å². The van der Waals surface area contributed by atoms with Gasteiger partial charge in [-0.1, -0.05) is 13.0 Å². The van der Waals surface area contributed by atoms with Gasteiger partial charge in [-0.3, -0.25) is 14.6 Å². The highest BCUT2D eigenvalue weighted by molar-refractivity contribution is 5.93. The Morgan fingerprint density at radius 1 is 1.53 bits per heavy atom. The molecule has 0 aliphatic carbocycles. The molecule has 0 aromatic carbocycles. The van der Waals surface area contributed by atoms with E-state index in [-0.39, 0.29) is 18.5 Å². The van der Waals surface area contributed by atoms with Gasteiger partial charge in [0.1, 0.15) is 6.54 Å². The van der Waals surface area contributed by atoms with Gasteiger partial charge < -0.3 is 10.0 Å². The van der Waals surface area contributed by atoms with E-state index in [1.807, 2.05) is 19.9 Å². The first kappa shape index (κ1) is 14.9. The number of aliphatic carboxylic acids is 1. The summed E-state index contributed by atoms with van der Waals surface area (Å²) in [4.78, 5) is 28.1. The van der Waals surface area contributed by atoms with Crippen LogP contribution in [0.5, 0.6) is 0 Å². The van der Waals surface area contributed by atoms with Crippen molar-refractivity contribution in [1.29, 1.82) is 0 Å². The first-order valence-corrected chi connectivity index (χ1v) is 6.15. The SMILES string of the molecule is CCC(C)N(CC(=O)O)C(=O)/C=C/c1cccnc1. The number of hydrogen-bond acceptors (Lipinski definition) is 3. The third-order valence-electron chi connectivity index (χ3n) is 2.81. The van der Waals surface area contributed by atoms with Gasteiger partial charge in [0, 0.05) is 24.5 Å². The number of aromatic nitrogens is 1. The molecule has 0 bridgehead atoms. The van der Waals surface area contributed by atoms with Crippen LogP contribution in [0.25, 0.3) is 6.08 Å². The van der Waals surface area contributed by atoms with E-state index in [4.69, 9.17) is 5.11 Å². The maximum Gasteiger partial charge on any atom is 0.323 e. The Morgan fingerprint density at radius 3 is 2.79 bits per heavy atom. The van der Waals surface area contributed by atoms with E-state index in [1.54, 1.807) is 24.5 Å². The van der Waals surface area contributed by atoms with Gasteiger partial charge in [-0.05, 0) is 31.1 Å². The van der Waals surface area contributed by atoms with E-state index in [1.165, 1.54) is 11.0 Å². The molecule has 0 aliphatic rings. The zero-order valence-corrected chi connectivity index (χ0v) is 11.1. The fourth-order valence-corrected chi connectivity index (χ4v) is 1.55. The number of carbonyl (C=O) groups is 2. The number of pyridine rings is 1. The van der Waals surface area contributed by atoms with Crippen LogP contribution < -0.4 is 0 Å². The number of hydrogen-bond donors (Lipinski definition) is 1. The van der Waals surface area contributed by atoms with Crippen LogP contribution in [0.4, 0.5) is 0 Å².